The number of likely N-dealkylation sites (tertiary alicyclic amines) is 1. The van der Waals surface area contributed by atoms with E-state index < -0.39 is 5.60 Å². The van der Waals surface area contributed by atoms with Gasteiger partial charge in [0.25, 0.3) is 0 Å². The maximum Gasteiger partial charge on any atom is 0.410 e. The number of hydrogen-bond acceptors (Lipinski definition) is 3. The van der Waals surface area contributed by atoms with E-state index in [4.69, 9.17) is 4.74 Å². The van der Waals surface area contributed by atoms with Crippen molar-refractivity contribution in [3.63, 3.8) is 0 Å². The zero-order valence-electron chi connectivity index (χ0n) is 11.4. The van der Waals surface area contributed by atoms with Crippen molar-refractivity contribution in [1.29, 1.82) is 0 Å². The van der Waals surface area contributed by atoms with E-state index in [0.717, 1.165) is 25.8 Å². The molecule has 1 N–H and O–H groups in total. The summed E-state index contributed by atoms with van der Waals surface area (Å²) in [7, 11) is 0. The van der Waals surface area contributed by atoms with Crippen LogP contribution >= 0.6 is 0 Å². The van der Waals surface area contributed by atoms with Gasteiger partial charge in [0, 0.05) is 13.1 Å². The smallest absolute Gasteiger partial charge is 0.410 e. The number of piperidine rings is 1. The van der Waals surface area contributed by atoms with Crippen molar-refractivity contribution >= 4 is 6.09 Å². The van der Waals surface area contributed by atoms with E-state index in [9.17, 15) is 9.90 Å². The number of carbonyl (C=O) groups is 1. The molecule has 4 heteroatoms. The molecule has 0 aromatic rings. The molecule has 1 aliphatic heterocycles. The third-order valence-electron chi connectivity index (χ3n) is 2.85. The predicted molar refractivity (Wildman–Crippen MR) is 66.8 cm³/mol. The van der Waals surface area contributed by atoms with Crippen molar-refractivity contribution in [2.75, 3.05) is 13.1 Å². The summed E-state index contributed by atoms with van der Waals surface area (Å²) < 4.78 is 5.35. The number of carbonyl (C=O) groups excluding carboxylic acids is 1. The Hall–Kier alpha value is -0.770. The fraction of sp³-hybridized carbons (Fsp3) is 0.923. The standard InChI is InChI=1S/C13H25NO3/c1-10(15)8-11-6-5-7-14(9-11)12(16)17-13(2,3)4/h10-11,15H,5-9H2,1-4H3/t10-,11?/m1/s1. The SMILES string of the molecule is C[C@@H](O)CC1CCCN(C(=O)OC(C)(C)C)C1. The molecular formula is C13H25NO3. The highest BCUT2D eigenvalue weighted by Gasteiger charge is 2.27. The van der Waals surface area contributed by atoms with E-state index in [1.165, 1.54) is 0 Å². The number of ether oxygens (including phenoxy) is 1. The third kappa shape index (κ3) is 5.39. The molecule has 0 bridgehead atoms. The molecule has 0 saturated carbocycles. The third-order valence-corrected chi connectivity index (χ3v) is 2.85. The second kappa shape index (κ2) is 5.71. The number of amides is 1. The Morgan fingerprint density at radius 2 is 2.18 bits per heavy atom. The van der Waals surface area contributed by atoms with Crippen LogP contribution in [-0.2, 0) is 4.74 Å². The monoisotopic (exact) mass is 243 g/mol. The first-order chi connectivity index (χ1) is 7.78. The minimum absolute atomic E-state index is 0.229. The van der Waals surface area contributed by atoms with Crippen molar-refractivity contribution < 1.29 is 14.6 Å². The van der Waals surface area contributed by atoms with Gasteiger partial charge in [-0.25, -0.2) is 4.79 Å². The molecule has 0 spiro atoms. The van der Waals surface area contributed by atoms with Gasteiger partial charge in [-0.2, -0.15) is 0 Å². The topological polar surface area (TPSA) is 49.8 Å². The molecule has 1 aliphatic rings. The molecule has 2 atom stereocenters. The quantitative estimate of drug-likeness (QED) is 0.810. The van der Waals surface area contributed by atoms with Crippen LogP contribution < -0.4 is 0 Å². The molecule has 1 amide bonds. The van der Waals surface area contributed by atoms with Crippen molar-refractivity contribution in [3.05, 3.63) is 0 Å². The lowest BCUT2D eigenvalue weighted by Crippen LogP contribution is -2.43. The van der Waals surface area contributed by atoms with Crippen LogP contribution in [0.5, 0.6) is 0 Å². The molecule has 0 radical (unpaired) electrons. The van der Waals surface area contributed by atoms with E-state index >= 15 is 0 Å². The number of nitrogens with zero attached hydrogens (tertiary/aromatic N) is 1. The predicted octanol–water partition coefficient (Wildman–Crippen LogP) is 2.40. The Balaban J connectivity index is 2.46. The van der Waals surface area contributed by atoms with Gasteiger partial charge in [0.2, 0.25) is 0 Å². The fourth-order valence-corrected chi connectivity index (χ4v) is 2.23. The molecule has 1 fully saturated rings. The van der Waals surface area contributed by atoms with E-state index in [1.807, 2.05) is 20.8 Å². The first-order valence-corrected chi connectivity index (χ1v) is 6.44. The largest absolute Gasteiger partial charge is 0.444 e. The van der Waals surface area contributed by atoms with Gasteiger partial charge in [-0.3, -0.25) is 0 Å². The van der Waals surface area contributed by atoms with Crippen LogP contribution in [0.25, 0.3) is 0 Å². The molecule has 0 aromatic carbocycles. The van der Waals surface area contributed by atoms with Crippen molar-refractivity contribution in [3.8, 4) is 0 Å². The van der Waals surface area contributed by atoms with Gasteiger partial charge in [0.05, 0.1) is 6.10 Å². The molecule has 0 aliphatic carbocycles. The van der Waals surface area contributed by atoms with Crippen LogP contribution in [0.4, 0.5) is 4.79 Å². The van der Waals surface area contributed by atoms with Gasteiger partial charge in [-0.1, -0.05) is 0 Å². The molecule has 100 valence electrons. The zero-order valence-corrected chi connectivity index (χ0v) is 11.4. The summed E-state index contributed by atoms with van der Waals surface area (Å²) in [4.78, 5) is 13.7. The number of aliphatic hydroxyl groups is 1. The van der Waals surface area contributed by atoms with E-state index in [0.29, 0.717) is 12.5 Å². The molecular weight excluding hydrogens is 218 g/mol. The Morgan fingerprint density at radius 3 is 2.71 bits per heavy atom. The second-order valence-electron chi connectivity index (χ2n) is 6.02. The first kappa shape index (κ1) is 14.3. The van der Waals surface area contributed by atoms with E-state index in [1.54, 1.807) is 11.8 Å². The summed E-state index contributed by atoms with van der Waals surface area (Å²) >= 11 is 0. The molecule has 1 unspecified atom stereocenters. The number of hydrogen-bond donors (Lipinski definition) is 1. The molecule has 17 heavy (non-hydrogen) atoms. The Labute approximate surface area is 104 Å². The Bertz CT molecular complexity index is 258. The average molecular weight is 243 g/mol. The van der Waals surface area contributed by atoms with Crippen LogP contribution in [-0.4, -0.2) is 40.9 Å². The van der Waals surface area contributed by atoms with Crippen LogP contribution in [0, 0.1) is 5.92 Å². The van der Waals surface area contributed by atoms with Gasteiger partial charge in [0.15, 0.2) is 0 Å². The van der Waals surface area contributed by atoms with Crippen molar-refractivity contribution in [1.82, 2.24) is 4.90 Å². The second-order valence-corrected chi connectivity index (χ2v) is 6.02. The maximum atomic E-state index is 11.9. The highest BCUT2D eigenvalue weighted by molar-refractivity contribution is 5.68. The van der Waals surface area contributed by atoms with Gasteiger partial charge < -0.3 is 14.7 Å². The maximum absolute atomic E-state index is 11.9. The Morgan fingerprint density at radius 1 is 1.53 bits per heavy atom. The lowest BCUT2D eigenvalue weighted by atomic mass is 9.93. The molecule has 1 rings (SSSR count). The molecule has 4 nitrogen and oxygen atoms in total. The van der Waals surface area contributed by atoms with Crippen LogP contribution in [0.15, 0.2) is 0 Å². The fourth-order valence-electron chi connectivity index (χ4n) is 2.23. The molecule has 0 aromatic heterocycles. The van der Waals surface area contributed by atoms with Gasteiger partial charge >= 0.3 is 6.09 Å². The molecule has 1 saturated heterocycles. The number of aliphatic hydroxyl groups excluding tert-OH is 1. The zero-order chi connectivity index (χ0) is 13.1. The number of rotatable bonds is 2. The van der Waals surface area contributed by atoms with Gasteiger partial charge in [0.1, 0.15) is 5.60 Å². The highest BCUT2D eigenvalue weighted by Crippen LogP contribution is 2.22. The summed E-state index contributed by atoms with van der Waals surface area (Å²) in [5, 5.41) is 9.38. The summed E-state index contributed by atoms with van der Waals surface area (Å²) in [6, 6.07) is 0. The van der Waals surface area contributed by atoms with E-state index in [2.05, 4.69) is 0 Å². The lowest BCUT2D eigenvalue weighted by molar-refractivity contribution is 0.0134. The summed E-state index contributed by atoms with van der Waals surface area (Å²) in [5.74, 6) is 0.399. The van der Waals surface area contributed by atoms with Gasteiger partial charge in [-0.05, 0) is 52.9 Å². The minimum Gasteiger partial charge on any atom is -0.444 e. The van der Waals surface area contributed by atoms with Crippen LogP contribution in [0.3, 0.4) is 0 Å². The molecule has 1 heterocycles. The van der Waals surface area contributed by atoms with Crippen molar-refractivity contribution in [2.24, 2.45) is 5.92 Å². The highest BCUT2D eigenvalue weighted by atomic mass is 16.6. The lowest BCUT2D eigenvalue weighted by Gasteiger charge is -2.34. The van der Waals surface area contributed by atoms with Gasteiger partial charge in [-0.15, -0.1) is 0 Å². The first-order valence-electron chi connectivity index (χ1n) is 6.44. The van der Waals surface area contributed by atoms with E-state index in [-0.39, 0.29) is 12.2 Å². The van der Waals surface area contributed by atoms with Crippen LogP contribution in [0.2, 0.25) is 0 Å². The minimum atomic E-state index is -0.436. The van der Waals surface area contributed by atoms with Crippen LogP contribution in [0.1, 0.15) is 47.0 Å². The summed E-state index contributed by atoms with van der Waals surface area (Å²) in [6.07, 6.45) is 2.33. The summed E-state index contributed by atoms with van der Waals surface area (Å²) in [6.45, 7) is 8.91. The summed E-state index contributed by atoms with van der Waals surface area (Å²) in [5.41, 5.74) is -0.436. The average Bonchev–Trinajstić information content (AvgIpc) is 2.14. The normalized spacial score (nSPS) is 23.4. The Kier molecular flexibility index (Phi) is 4.80. The van der Waals surface area contributed by atoms with Crippen molar-refractivity contribution in [2.45, 2.75) is 58.7 Å².